The summed E-state index contributed by atoms with van der Waals surface area (Å²) in [5.74, 6) is 0.911. The molecule has 0 unspecified atom stereocenters. The molecule has 0 atom stereocenters. The van der Waals surface area contributed by atoms with Gasteiger partial charge in [-0.2, -0.15) is 0 Å². The number of furan rings is 1. The molecule has 5 rings (SSSR count). The van der Waals surface area contributed by atoms with Crippen molar-refractivity contribution in [2.75, 3.05) is 5.32 Å². The number of rotatable bonds is 4. The number of nitrogens with one attached hydrogen (secondary N) is 1. The molecular weight excluding hydrogens is 607 g/mol. The van der Waals surface area contributed by atoms with E-state index in [1.807, 2.05) is 30.3 Å². The molecule has 0 aliphatic rings. The van der Waals surface area contributed by atoms with Gasteiger partial charge in [-0.1, -0.05) is 23.7 Å². The van der Waals surface area contributed by atoms with E-state index in [0.29, 0.717) is 33.5 Å². The fourth-order valence-electron chi connectivity index (χ4n) is 3.23. The number of amides is 1. The summed E-state index contributed by atoms with van der Waals surface area (Å²) in [7, 11) is 0. The van der Waals surface area contributed by atoms with E-state index >= 15 is 0 Å². The summed E-state index contributed by atoms with van der Waals surface area (Å²) in [6.45, 7) is 0. The average Bonchev–Trinajstić information content (AvgIpc) is 3.42. The third-order valence-corrected chi connectivity index (χ3v) is 6.34. The van der Waals surface area contributed by atoms with Crippen molar-refractivity contribution < 1.29 is 13.6 Å². The standard InChI is InChI=1S/C24H13BrClIN2O3/c25-18-6-4-15(27)11-17(18)24-29-19-12-16(5-7-21(19)32-24)28-23(30)22-9-8-20(31-22)13-2-1-3-14(26)10-13/h1-12H,(H,28,30). The number of hydrogen-bond donors (Lipinski definition) is 1. The van der Waals surface area contributed by atoms with Crippen LogP contribution in [0.15, 0.2) is 86.1 Å². The van der Waals surface area contributed by atoms with Crippen molar-refractivity contribution in [2.24, 2.45) is 0 Å². The summed E-state index contributed by atoms with van der Waals surface area (Å²) in [6.07, 6.45) is 0. The van der Waals surface area contributed by atoms with E-state index < -0.39 is 0 Å². The lowest BCUT2D eigenvalue weighted by Gasteiger charge is -2.03. The van der Waals surface area contributed by atoms with Crippen LogP contribution in [0, 0.1) is 3.57 Å². The summed E-state index contributed by atoms with van der Waals surface area (Å²) in [5, 5.41) is 3.44. The number of hydrogen-bond acceptors (Lipinski definition) is 4. The summed E-state index contributed by atoms with van der Waals surface area (Å²) in [4.78, 5) is 17.3. The lowest BCUT2D eigenvalue weighted by atomic mass is 10.2. The predicted molar refractivity (Wildman–Crippen MR) is 137 cm³/mol. The number of anilines is 1. The number of halogens is 3. The Morgan fingerprint density at radius 3 is 2.72 bits per heavy atom. The predicted octanol–water partition coefficient (Wildman–Crippen LogP) is 8.03. The van der Waals surface area contributed by atoms with Crippen molar-refractivity contribution in [3.05, 3.63) is 91.6 Å². The molecule has 32 heavy (non-hydrogen) atoms. The highest BCUT2D eigenvalue weighted by molar-refractivity contribution is 14.1. The molecule has 158 valence electrons. The third-order valence-electron chi connectivity index (χ3n) is 4.74. The van der Waals surface area contributed by atoms with Gasteiger partial charge >= 0.3 is 0 Å². The molecule has 0 radical (unpaired) electrons. The van der Waals surface area contributed by atoms with Gasteiger partial charge in [0.2, 0.25) is 5.89 Å². The summed E-state index contributed by atoms with van der Waals surface area (Å²) in [6, 6.07) is 21.9. The topological polar surface area (TPSA) is 68.3 Å². The van der Waals surface area contributed by atoms with Crippen LogP contribution in [-0.4, -0.2) is 10.9 Å². The van der Waals surface area contributed by atoms with Crippen LogP contribution in [0.5, 0.6) is 0 Å². The molecule has 0 saturated heterocycles. The molecule has 0 bridgehead atoms. The van der Waals surface area contributed by atoms with Gasteiger partial charge in [0.15, 0.2) is 11.3 Å². The molecule has 0 aliphatic heterocycles. The lowest BCUT2D eigenvalue weighted by molar-refractivity contribution is 0.0997. The van der Waals surface area contributed by atoms with Gasteiger partial charge < -0.3 is 14.2 Å². The number of oxazole rings is 1. The van der Waals surface area contributed by atoms with Gasteiger partial charge in [0.05, 0.1) is 5.56 Å². The molecule has 2 heterocycles. The summed E-state index contributed by atoms with van der Waals surface area (Å²) >= 11 is 11.8. The first-order valence-corrected chi connectivity index (χ1v) is 11.7. The highest BCUT2D eigenvalue weighted by Crippen LogP contribution is 2.32. The Labute approximate surface area is 210 Å². The number of benzene rings is 3. The minimum absolute atomic E-state index is 0.198. The SMILES string of the molecule is O=C(Nc1ccc2oc(-c3cc(I)ccc3Br)nc2c1)c1ccc(-c2cccc(Cl)c2)o1. The zero-order valence-corrected chi connectivity index (χ0v) is 20.7. The molecule has 0 saturated carbocycles. The molecule has 2 aromatic heterocycles. The van der Waals surface area contributed by atoms with Gasteiger partial charge in [-0.05, 0) is 99.2 Å². The van der Waals surface area contributed by atoms with Gasteiger partial charge in [0.1, 0.15) is 11.3 Å². The maximum atomic E-state index is 12.7. The second kappa shape index (κ2) is 8.73. The second-order valence-electron chi connectivity index (χ2n) is 6.95. The minimum atomic E-state index is -0.360. The maximum absolute atomic E-state index is 12.7. The number of carbonyl (C=O) groups is 1. The van der Waals surface area contributed by atoms with Crippen molar-refractivity contribution >= 4 is 72.8 Å². The molecule has 0 aliphatic carbocycles. The minimum Gasteiger partial charge on any atom is -0.451 e. The molecule has 1 amide bonds. The first-order chi connectivity index (χ1) is 15.5. The normalized spacial score (nSPS) is 11.1. The molecule has 0 spiro atoms. The van der Waals surface area contributed by atoms with Gasteiger partial charge in [0, 0.05) is 24.3 Å². The van der Waals surface area contributed by atoms with Crippen molar-refractivity contribution in [1.29, 1.82) is 0 Å². The molecule has 5 nitrogen and oxygen atoms in total. The van der Waals surface area contributed by atoms with Crippen molar-refractivity contribution in [3.63, 3.8) is 0 Å². The first kappa shape index (κ1) is 21.2. The molecule has 3 aromatic carbocycles. The number of carbonyl (C=O) groups excluding carboxylic acids is 1. The van der Waals surface area contributed by atoms with Crippen LogP contribution in [-0.2, 0) is 0 Å². The van der Waals surface area contributed by atoms with Crippen molar-refractivity contribution in [2.45, 2.75) is 0 Å². The van der Waals surface area contributed by atoms with Gasteiger partial charge in [-0.3, -0.25) is 4.79 Å². The molecular formula is C24H13BrClIN2O3. The quantitative estimate of drug-likeness (QED) is 0.207. The fourth-order valence-corrected chi connectivity index (χ4v) is 4.33. The second-order valence-corrected chi connectivity index (χ2v) is 9.49. The number of aromatic nitrogens is 1. The van der Waals surface area contributed by atoms with E-state index in [2.05, 4.69) is 48.8 Å². The van der Waals surface area contributed by atoms with Gasteiger partial charge in [-0.15, -0.1) is 0 Å². The summed E-state index contributed by atoms with van der Waals surface area (Å²) in [5.41, 5.74) is 3.52. The van der Waals surface area contributed by atoms with Crippen LogP contribution in [0.25, 0.3) is 33.9 Å². The average molecular weight is 620 g/mol. The monoisotopic (exact) mass is 618 g/mol. The van der Waals surface area contributed by atoms with Gasteiger partial charge in [0.25, 0.3) is 5.91 Å². The van der Waals surface area contributed by atoms with Crippen LogP contribution in [0.3, 0.4) is 0 Å². The van der Waals surface area contributed by atoms with Crippen LogP contribution in [0.4, 0.5) is 5.69 Å². The Morgan fingerprint density at radius 2 is 1.88 bits per heavy atom. The van der Waals surface area contributed by atoms with Crippen LogP contribution in [0.2, 0.25) is 5.02 Å². The molecule has 8 heteroatoms. The Morgan fingerprint density at radius 1 is 1.00 bits per heavy atom. The Hall–Kier alpha value is -2.62. The highest BCUT2D eigenvalue weighted by atomic mass is 127. The lowest BCUT2D eigenvalue weighted by Crippen LogP contribution is -2.10. The van der Waals surface area contributed by atoms with Crippen molar-refractivity contribution in [1.82, 2.24) is 4.98 Å². The van der Waals surface area contributed by atoms with E-state index in [0.717, 1.165) is 19.2 Å². The molecule has 5 aromatic rings. The smallest absolute Gasteiger partial charge is 0.291 e. The fraction of sp³-hybridized carbons (Fsp3) is 0. The van der Waals surface area contributed by atoms with Crippen LogP contribution >= 0.6 is 50.1 Å². The van der Waals surface area contributed by atoms with E-state index in [4.69, 9.17) is 20.4 Å². The highest BCUT2D eigenvalue weighted by Gasteiger charge is 2.15. The molecule has 0 fully saturated rings. The van der Waals surface area contributed by atoms with E-state index in [-0.39, 0.29) is 11.7 Å². The van der Waals surface area contributed by atoms with E-state index in [1.165, 1.54) is 0 Å². The summed E-state index contributed by atoms with van der Waals surface area (Å²) < 4.78 is 13.6. The van der Waals surface area contributed by atoms with E-state index in [1.54, 1.807) is 42.5 Å². The third kappa shape index (κ3) is 4.32. The Bertz CT molecular complexity index is 1480. The number of fused-ring (bicyclic) bond motifs is 1. The van der Waals surface area contributed by atoms with Crippen molar-refractivity contribution in [3.8, 4) is 22.8 Å². The Kier molecular flexibility index (Phi) is 5.79. The number of nitrogens with zero attached hydrogens (tertiary/aromatic N) is 1. The Balaban J connectivity index is 1.39. The molecule has 1 N–H and O–H groups in total. The zero-order valence-electron chi connectivity index (χ0n) is 16.2. The van der Waals surface area contributed by atoms with Crippen LogP contribution in [0.1, 0.15) is 10.6 Å². The first-order valence-electron chi connectivity index (χ1n) is 9.49. The zero-order chi connectivity index (χ0) is 22.2. The maximum Gasteiger partial charge on any atom is 0.291 e. The largest absolute Gasteiger partial charge is 0.451 e. The van der Waals surface area contributed by atoms with Gasteiger partial charge in [-0.25, -0.2) is 4.98 Å². The van der Waals surface area contributed by atoms with E-state index in [9.17, 15) is 4.79 Å². The van der Waals surface area contributed by atoms with Crippen LogP contribution < -0.4 is 5.32 Å².